The average Bonchev–Trinajstić information content (AvgIpc) is 2.51. The first-order valence-electron chi connectivity index (χ1n) is 7.30. The second kappa shape index (κ2) is 6.84. The molecule has 0 aromatic heterocycles. The van der Waals surface area contributed by atoms with E-state index >= 15 is 0 Å². The zero-order chi connectivity index (χ0) is 17.5. The molecule has 0 radical (unpaired) electrons. The van der Waals surface area contributed by atoms with Gasteiger partial charge in [0.1, 0.15) is 42.2 Å². The van der Waals surface area contributed by atoms with Crippen LogP contribution in [0.15, 0.2) is 0 Å². The average molecular weight is 340 g/mol. The normalized spacial score (nSPS) is 54.9. The predicted molar refractivity (Wildman–Crippen MR) is 71.8 cm³/mol. The molecule has 0 amide bonds. The molecule has 0 aromatic carbocycles. The summed E-state index contributed by atoms with van der Waals surface area (Å²) in [5.74, 6) is 0. The van der Waals surface area contributed by atoms with Gasteiger partial charge in [-0.05, 0) is 13.8 Å². The first-order valence-corrected chi connectivity index (χ1v) is 7.30. The third-order valence-corrected chi connectivity index (χ3v) is 4.32. The van der Waals surface area contributed by atoms with Crippen molar-refractivity contribution in [2.45, 2.75) is 74.8 Å². The number of hydrogen-bond acceptors (Lipinski definition) is 10. The van der Waals surface area contributed by atoms with E-state index in [9.17, 15) is 35.7 Å². The highest BCUT2D eigenvalue weighted by Crippen LogP contribution is 2.31. The molecule has 10 nitrogen and oxygen atoms in total. The third-order valence-electron chi connectivity index (χ3n) is 4.32. The van der Waals surface area contributed by atoms with E-state index in [1.807, 2.05) is 0 Å². The van der Waals surface area contributed by atoms with Gasteiger partial charge in [-0.25, -0.2) is 0 Å². The van der Waals surface area contributed by atoms with E-state index in [1.165, 1.54) is 13.8 Å². The van der Waals surface area contributed by atoms with E-state index in [0.29, 0.717) is 0 Å². The number of aliphatic hydroxyl groups is 7. The first kappa shape index (κ1) is 18.9. The molecule has 0 spiro atoms. The second-order valence-electron chi connectivity index (χ2n) is 6.24. The maximum atomic E-state index is 10.0. The van der Waals surface area contributed by atoms with E-state index in [0.717, 1.165) is 0 Å². The molecular weight excluding hydrogens is 316 g/mol. The van der Waals surface area contributed by atoms with E-state index in [4.69, 9.17) is 14.2 Å². The summed E-state index contributed by atoms with van der Waals surface area (Å²) in [5, 5.41) is 67.9. The van der Waals surface area contributed by atoms with Crippen molar-refractivity contribution in [2.24, 2.45) is 0 Å². The molecule has 2 aliphatic heterocycles. The lowest BCUT2D eigenvalue weighted by Gasteiger charge is -2.46. The summed E-state index contributed by atoms with van der Waals surface area (Å²) in [6.45, 7) is 2.39. The zero-order valence-electron chi connectivity index (χ0n) is 12.8. The van der Waals surface area contributed by atoms with E-state index < -0.39 is 67.5 Å². The van der Waals surface area contributed by atoms with Crippen molar-refractivity contribution in [3.05, 3.63) is 0 Å². The molecule has 0 aromatic rings. The van der Waals surface area contributed by atoms with E-state index in [2.05, 4.69) is 0 Å². The molecule has 2 saturated heterocycles. The minimum atomic E-state index is -1.73. The molecule has 10 unspecified atom stereocenters. The summed E-state index contributed by atoms with van der Waals surface area (Å²) in [6.07, 6.45) is -13.0. The lowest BCUT2D eigenvalue weighted by Crippen LogP contribution is -2.65. The molecule has 2 aliphatic rings. The summed E-state index contributed by atoms with van der Waals surface area (Å²) >= 11 is 0. The topological polar surface area (TPSA) is 169 Å². The molecule has 2 fully saturated rings. The van der Waals surface area contributed by atoms with Gasteiger partial charge in [0.05, 0.1) is 12.7 Å². The molecule has 10 heteroatoms. The number of rotatable bonds is 3. The Balaban J connectivity index is 2.01. The predicted octanol–water partition coefficient (Wildman–Crippen LogP) is -3.98. The van der Waals surface area contributed by atoms with Crippen molar-refractivity contribution in [1.82, 2.24) is 0 Å². The smallest absolute Gasteiger partial charge is 0.186 e. The van der Waals surface area contributed by atoms with Crippen LogP contribution < -0.4 is 0 Å². The highest BCUT2D eigenvalue weighted by molar-refractivity contribution is 4.97. The minimum Gasteiger partial charge on any atom is -0.388 e. The SMILES string of the molecule is CC1OC(OCC2(C)OC(O)C(O)C(O)C2O)C(O)C(O)C1O. The van der Waals surface area contributed by atoms with Gasteiger partial charge in [0.15, 0.2) is 12.6 Å². The van der Waals surface area contributed by atoms with Gasteiger partial charge >= 0.3 is 0 Å². The Morgan fingerprint density at radius 1 is 0.870 bits per heavy atom. The van der Waals surface area contributed by atoms with Crippen LogP contribution in [0.2, 0.25) is 0 Å². The fourth-order valence-corrected chi connectivity index (χ4v) is 2.65. The molecule has 23 heavy (non-hydrogen) atoms. The summed E-state index contributed by atoms with van der Waals surface area (Å²) in [6, 6.07) is 0. The fraction of sp³-hybridized carbons (Fsp3) is 1.00. The number of ether oxygens (including phenoxy) is 3. The number of hydrogen-bond donors (Lipinski definition) is 7. The Labute approximate surface area is 132 Å². The summed E-state index contributed by atoms with van der Waals surface area (Å²) in [5.41, 5.74) is -1.59. The highest BCUT2D eigenvalue weighted by atomic mass is 16.7. The molecule has 2 rings (SSSR count). The quantitative estimate of drug-likeness (QED) is 0.269. The van der Waals surface area contributed by atoms with Crippen molar-refractivity contribution in [1.29, 1.82) is 0 Å². The lowest BCUT2D eigenvalue weighted by molar-refractivity contribution is -0.346. The Bertz CT molecular complexity index is 408. The van der Waals surface area contributed by atoms with Gasteiger partial charge in [-0.1, -0.05) is 0 Å². The largest absolute Gasteiger partial charge is 0.388 e. The molecule has 0 saturated carbocycles. The van der Waals surface area contributed by atoms with Crippen molar-refractivity contribution >= 4 is 0 Å². The van der Waals surface area contributed by atoms with E-state index in [-0.39, 0.29) is 0 Å². The maximum absolute atomic E-state index is 10.0. The van der Waals surface area contributed by atoms with Crippen LogP contribution in [-0.2, 0) is 14.2 Å². The van der Waals surface area contributed by atoms with Crippen molar-refractivity contribution in [3.8, 4) is 0 Å². The molecule has 0 aliphatic carbocycles. The standard InChI is InChI=1S/C13H24O10/c1-4-5(14)6(15)9(18)12(22-4)21-3-13(2)10(19)7(16)8(17)11(20)23-13/h4-12,14-20H,3H2,1-2H3. The van der Waals surface area contributed by atoms with Gasteiger partial charge in [0.2, 0.25) is 0 Å². The van der Waals surface area contributed by atoms with Crippen LogP contribution in [-0.4, -0.2) is 103 Å². The third kappa shape index (κ3) is 3.51. The highest BCUT2D eigenvalue weighted by Gasteiger charge is 2.52. The van der Waals surface area contributed by atoms with Crippen LogP contribution in [0.1, 0.15) is 13.8 Å². The molecule has 10 atom stereocenters. The maximum Gasteiger partial charge on any atom is 0.186 e. The molecule has 2 heterocycles. The van der Waals surface area contributed by atoms with Crippen molar-refractivity contribution in [3.63, 3.8) is 0 Å². The van der Waals surface area contributed by atoms with Crippen LogP contribution in [0, 0.1) is 0 Å². The van der Waals surface area contributed by atoms with Crippen molar-refractivity contribution < 1.29 is 50.0 Å². The Morgan fingerprint density at radius 2 is 1.48 bits per heavy atom. The van der Waals surface area contributed by atoms with Crippen molar-refractivity contribution in [2.75, 3.05) is 6.61 Å². The molecule has 136 valence electrons. The van der Waals surface area contributed by atoms with Gasteiger partial charge in [-0.3, -0.25) is 0 Å². The van der Waals surface area contributed by atoms with Gasteiger partial charge in [0, 0.05) is 0 Å². The van der Waals surface area contributed by atoms with Gasteiger partial charge in [-0.15, -0.1) is 0 Å². The Kier molecular flexibility index (Phi) is 5.63. The molecule has 0 bridgehead atoms. The lowest BCUT2D eigenvalue weighted by atomic mass is 9.89. The number of aliphatic hydroxyl groups excluding tert-OH is 7. The molecule has 7 N–H and O–H groups in total. The minimum absolute atomic E-state index is 0.424. The monoisotopic (exact) mass is 340 g/mol. The zero-order valence-corrected chi connectivity index (χ0v) is 12.8. The van der Waals surface area contributed by atoms with Crippen LogP contribution >= 0.6 is 0 Å². The summed E-state index contributed by atoms with van der Waals surface area (Å²) in [7, 11) is 0. The Hall–Kier alpha value is -0.400. The summed E-state index contributed by atoms with van der Waals surface area (Å²) in [4.78, 5) is 0. The second-order valence-corrected chi connectivity index (χ2v) is 6.24. The van der Waals surface area contributed by atoms with Gasteiger partial charge in [0.25, 0.3) is 0 Å². The van der Waals surface area contributed by atoms with Gasteiger partial charge < -0.3 is 50.0 Å². The van der Waals surface area contributed by atoms with Gasteiger partial charge in [-0.2, -0.15) is 0 Å². The summed E-state index contributed by atoms with van der Waals surface area (Å²) < 4.78 is 15.6. The first-order chi connectivity index (χ1) is 10.6. The van der Waals surface area contributed by atoms with Crippen LogP contribution in [0.3, 0.4) is 0 Å². The van der Waals surface area contributed by atoms with Crippen LogP contribution in [0.25, 0.3) is 0 Å². The van der Waals surface area contributed by atoms with Crippen LogP contribution in [0.4, 0.5) is 0 Å². The fourth-order valence-electron chi connectivity index (χ4n) is 2.65. The molecular formula is C13H24O10. The van der Waals surface area contributed by atoms with Crippen LogP contribution in [0.5, 0.6) is 0 Å². The Morgan fingerprint density at radius 3 is 2.09 bits per heavy atom. The van der Waals surface area contributed by atoms with E-state index in [1.54, 1.807) is 0 Å².